The van der Waals surface area contributed by atoms with Crippen LogP contribution in [0.1, 0.15) is 316 Å². The second kappa shape index (κ2) is 53.1. The van der Waals surface area contributed by atoms with Crippen LogP contribution in [0.25, 0.3) is 0 Å². The van der Waals surface area contributed by atoms with Crippen molar-refractivity contribution >= 4 is 5.91 Å². The van der Waals surface area contributed by atoms with Gasteiger partial charge in [-0.05, 0) is 44.9 Å². The van der Waals surface area contributed by atoms with Gasteiger partial charge < -0.3 is 40.3 Å². The summed E-state index contributed by atoms with van der Waals surface area (Å²) in [5.41, 5.74) is 0. The number of amides is 1. The minimum atomic E-state index is -1.57. The van der Waals surface area contributed by atoms with Crippen LogP contribution in [0.2, 0.25) is 0 Å². The number of aliphatic hydroxyl groups is 5. The molecule has 0 saturated carbocycles. The lowest BCUT2D eigenvalue weighted by Gasteiger charge is -2.40. The average molecular weight is 1020 g/mol. The largest absolute Gasteiger partial charge is 0.394 e. The predicted octanol–water partition coefficient (Wildman–Crippen LogP) is 16.1. The van der Waals surface area contributed by atoms with Gasteiger partial charge in [-0.15, -0.1) is 0 Å². The molecule has 1 aliphatic rings. The zero-order chi connectivity index (χ0) is 52.2. The number of unbranched alkanes of at least 4 members (excludes halogenated alkanes) is 43. The molecular weight excluding hydrogens is 899 g/mol. The molecule has 72 heavy (non-hydrogen) atoms. The van der Waals surface area contributed by atoms with Gasteiger partial charge in [0.15, 0.2) is 6.29 Å². The molecule has 9 heteroatoms. The van der Waals surface area contributed by atoms with E-state index < -0.39 is 49.5 Å². The van der Waals surface area contributed by atoms with E-state index in [2.05, 4.69) is 31.3 Å². The highest BCUT2D eigenvalue weighted by atomic mass is 16.7. The molecule has 1 saturated heterocycles. The summed E-state index contributed by atoms with van der Waals surface area (Å²) in [4.78, 5) is 13.1. The van der Waals surface area contributed by atoms with E-state index in [-0.39, 0.29) is 12.5 Å². The second-order valence-electron chi connectivity index (χ2n) is 22.2. The molecule has 0 radical (unpaired) electrons. The van der Waals surface area contributed by atoms with Crippen LogP contribution in [-0.2, 0) is 14.3 Å². The Morgan fingerprint density at radius 1 is 0.458 bits per heavy atom. The first-order valence-electron chi connectivity index (χ1n) is 31.6. The monoisotopic (exact) mass is 1020 g/mol. The lowest BCUT2D eigenvalue weighted by Crippen LogP contribution is -2.60. The van der Waals surface area contributed by atoms with E-state index in [9.17, 15) is 30.3 Å². The Morgan fingerprint density at radius 2 is 0.778 bits per heavy atom. The highest BCUT2D eigenvalue weighted by molar-refractivity contribution is 5.76. The quantitative estimate of drug-likeness (QED) is 0.0261. The fourth-order valence-corrected chi connectivity index (χ4v) is 10.3. The van der Waals surface area contributed by atoms with E-state index in [1.165, 1.54) is 257 Å². The first kappa shape index (κ1) is 68.7. The highest BCUT2D eigenvalue weighted by Crippen LogP contribution is 2.23. The molecule has 1 aliphatic heterocycles. The number of ether oxygens (including phenoxy) is 2. The molecule has 0 aliphatic carbocycles. The Kier molecular flexibility index (Phi) is 50.6. The molecule has 9 nitrogen and oxygen atoms in total. The molecule has 1 amide bonds. The number of carbonyl (C=O) groups is 1. The van der Waals surface area contributed by atoms with Crippen LogP contribution in [0.15, 0.2) is 24.3 Å². The van der Waals surface area contributed by atoms with Gasteiger partial charge in [-0.1, -0.05) is 289 Å². The highest BCUT2D eigenvalue weighted by Gasteiger charge is 2.44. The molecule has 0 spiro atoms. The van der Waals surface area contributed by atoms with Crippen molar-refractivity contribution in [3.8, 4) is 0 Å². The van der Waals surface area contributed by atoms with Crippen LogP contribution < -0.4 is 5.32 Å². The lowest BCUT2D eigenvalue weighted by molar-refractivity contribution is -0.302. The van der Waals surface area contributed by atoms with Gasteiger partial charge in [-0.3, -0.25) is 4.79 Å². The van der Waals surface area contributed by atoms with Crippen LogP contribution in [0, 0.1) is 0 Å². The molecule has 1 heterocycles. The summed E-state index contributed by atoms with van der Waals surface area (Å²) in [6.45, 7) is 3.83. The normalized spacial score (nSPS) is 19.2. The zero-order valence-corrected chi connectivity index (χ0v) is 47.5. The van der Waals surface area contributed by atoms with E-state index in [1.54, 1.807) is 6.08 Å². The van der Waals surface area contributed by atoms with Gasteiger partial charge >= 0.3 is 0 Å². The topological polar surface area (TPSA) is 149 Å². The third kappa shape index (κ3) is 41.9. The summed E-state index contributed by atoms with van der Waals surface area (Å²) in [5.74, 6) is -0.173. The fraction of sp³-hybridized carbons (Fsp3) is 0.921. The first-order valence-corrected chi connectivity index (χ1v) is 31.6. The van der Waals surface area contributed by atoms with Crippen LogP contribution >= 0.6 is 0 Å². The molecule has 0 aromatic heterocycles. The van der Waals surface area contributed by atoms with E-state index in [1.807, 2.05) is 6.08 Å². The van der Waals surface area contributed by atoms with Gasteiger partial charge in [0.05, 0.1) is 25.4 Å². The van der Waals surface area contributed by atoms with Crippen molar-refractivity contribution in [3.63, 3.8) is 0 Å². The average Bonchev–Trinajstić information content (AvgIpc) is 3.38. The summed E-state index contributed by atoms with van der Waals surface area (Å²) in [6, 6.07) is -0.805. The van der Waals surface area contributed by atoms with E-state index in [0.29, 0.717) is 6.42 Å². The van der Waals surface area contributed by atoms with Crippen LogP contribution in [-0.4, -0.2) is 87.5 Å². The Morgan fingerprint density at radius 3 is 1.12 bits per heavy atom. The molecule has 7 atom stereocenters. The van der Waals surface area contributed by atoms with Crippen molar-refractivity contribution in [1.82, 2.24) is 5.32 Å². The third-order valence-electron chi connectivity index (χ3n) is 15.3. The summed E-state index contributed by atoms with van der Waals surface area (Å²) in [6.07, 6.45) is 61.1. The van der Waals surface area contributed by atoms with Crippen molar-refractivity contribution in [1.29, 1.82) is 0 Å². The number of hydrogen-bond donors (Lipinski definition) is 6. The van der Waals surface area contributed by atoms with Crippen molar-refractivity contribution in [2.75, 3.05) is 13.2 Å². The van der Waals surface area contributed by atoms with Crippen molar-refractivity contribution < 1.29 is 39.8 Å². The number of nitrogens with one attached hydrogen (secondary N) is 1. The number of hydrogen-bond acceptors (Lipinski definition) is 8. The van der Waals surface area contributed by atoms with E-state index in [0.717, 1.165) is 38.5 Å². The van der Waals surface area contributed by atoms with E-state index >= 15 is 0 Å². The van der Waals surface area contributed by atoms with Crippen molar-refractivity contribution in [2.45, 2.75) is 358 Å². The minimum Gasteiger partial charge on any atom is -0.394 e. The molecule has 0 aromatic rings. The summed E-state index contributed by atoms with van der Waals surface area (Å²) in [7, 11) is 0. The van der Waals surface area contributed by atoms with Gasteiger partial charge in [0.25, 0.3) is 0 Å². The van der Waals surface area contributed by atoms with Gasteiger partial charge in [-0.25, -0.2) is 0 Å². The number of allylic oxidation sites excluding steroid dienone is 3. The Bertz CT molecular complexity index is 1180. The maximum absolute atomic E-state index is 13.1. The van der Waals surface area contributed by atoms with Crippen LogP contribution in [0.4, 0.5) is 0 Å². The molecular formula is C63H121NO8. The fourth-order valence-electron chi connectivity index (χ4n) is 10.3. The zero-order valence-electron chi connectivity index (χ0n) is 47.5. The minimum absolute atomic E-state index is 0.173. The Hall–Kier alpha value is -1.33. The second-order valence-corrected chi connectivity index (χ2v) is 22.2. The van der Waals surface area contributed by atoms with Gasteiger partial charge in [0.1, 0.15) is 24.4 Å². The standard InChI is InChI=1S/C63H121NO8/c1-3-5-7-9-11-13-15-17-19-21-23-25-27-28-29-31-33-35-37-39-41-43-45-47-49-51-53-59(67)64-56(55-71-63-62(70)61(69)60(68)58(54-65)72-63)57(66)52-50-48-46-44-42-40-38-36-34-32-30-26-24-22-20-18-16-14-12-10-8-6-4-2/h28-29,50,52,56-58,60-63,65-66,68-70H,3-27,30-49,51,53-55H2,1-2H3,(H,64,67)/b29-28-,52-50+. The van der Waals surface area contributed by atoms with Crippen LogP contribution in [0.3, 0.4) is 0 Å². The number of aliphatic hydroxyl groups excluding tert-OH is 5. The van der Waals surface area contributed by atoms with Gasteiger partial charge in [0, 0.05) is 6.42 Å². The molecule has 426 valence electrons. The SMILES string of the molecule is CCCCCCCCCCCCCC/C=C\CCCCCCCCCCCCC(=O)NC(COC1OC(CO)C(O)C(O)C1O)C(O)/C=C/CCCCCCCCCCCCCCCCCCCCCCC. The predicted molar refractivity (Wildman–Crippen MR) is 304 cm³/mol. The summed E-state index contributed by atoms with van der Waals surface area (Å²) >= 11 is 0. The molecule has 7 unspecified atom stereocenters. The molecule has 0 bridgehead atoms. The molecule has 6 N–H and O–H groups in total. The third-order valence-corrected chi connectivity index (χ3v) is 15.3. The number of carbonyl (C=O) groups excluding carboxylic acids is 1. The van der Waals surface area contributed by atoms with E-state index in [4.69, 9.17) is 9.47 Å². The van der Waals surface area contributed by atoms with Crippen LogP contribution in [0.5, 0.6) is 0 Å². The number of rotatable bonds is 55. The van der Waals surface area contributed by atoms with Crippen molar-refractivity contribution in [2.24, 2.45) is 0 Å². The summed E-state index contributed by atoms with van der Waals surface area (Å²) in [5, 5.41) is 54.6. The molecule has 0 aromatic carbocycles. The Balaban J connectivity index is 2.18. The maximum atomic E-state index is 13.1. The molecule has 1 rings (SSSR count). The smallest absolute Gasteiger partial charge is 0.220 e. The van der Waals surface area contributed by atoms with Gasteiger partial charge in [0.2, 0.25) is 5.91 Å². The maximum Gasteiger partial charge on any atom is 0.220 e. The molecule has 1 fully saturated rings. The summed E-state index contributed by atoms with van der Waals surface area (Å²) < 4.78 is 11.3. The Labute approximate surface area is 445 Å². The first-order chi connectivity index (χ1) is 35.3. The lowest BCUT2D eigenvalue weighted by atomic mass is 9.99. The van der Waals surface area contributed by atoms with Crippen molar-refractivity contribution in [3.05, 3.63) is 24.3 Å². The van der Waals surface area contributed by atoms with Gasteiger partial charge in [-0.2, -0.15) is 0 Å².